The molecule has 1 heterocycles. The van der Waals surface area contributed by atoms with Crippen molar-refractivity contribution in [2.24, 2.45) is 0 Å². The third-order valence-electron chi connectivity index (χ3n) is 2.51. The van der Waals surface area contributed by atoms with E-state index in [9.17, 15) is 4.79 Å². The van der Waals surface area contributed by atoms with Crippen LogP contribution in [0.3, 0.4) is 0 Å². The van der Waals surface area contributed by atoms with Crippen molar-refractivity contribution in [3.05, 3.63) is 54.2 Å². The minimum Gasteiger partial charge on any atom is -0.480 e. The Morgan fingerprint density at radius 2 is 2.00 bits per heavy atom. The summed E-state index contributed by atoms with van der Waals surface area (Å²) in [7, 11) is 1.51. The number of carbonyl (C=O) groups excluding carboxylic acids is 1. The highest BCUT2D eigenvalue weighted by atomic mass is 16.5. The number of hydrogen-bond acceptors (Lipinski definition) is 3. The summed E-state index contributed by atoms with van der Waals surface area (Å²) < 4.78 is 5.06. The molecule has 2 N–H and O–H groups in total. The predicted molar refractivity (Wildman–Crippen MR) is 73.1 cm³/mol. The van der Waals surface area contributed by atoms with Crippen LogP contribution in [0, 0.1) is 0 Å². The van der Waals surface area contributed by atoms with Crippen molar-refractivity contribution in [3.63, 3.8) is 0 Å². The molecule has 1 aromatic heterocycles. The van der Waals surface area contributed by atoms with Gasteiger partial charge in [0.25, 0.3) is 0 Å². The van der Waals surface area contributed by atoms with Crippen molar-refractivity contribution in [1.29, 1.82) is 0 Å². The number of ether oxygens (including phenoxy) is 1. The maximum atomic E-state index is 11.7. The number of benzene rings is 1. The maximum Gasteiger partial charge on any atom is 0.319 e. The van der Waals surface area contributed by atoms with E-state index in [-0.39, 0.29) is 6.03 Å². The van der Waals surface area contributed by atoms with E-state index < -0.39 is 0 Å². The normalized spacial score (nSPS) is 9.74. The van der Waals surface area contributed by atoms with Crippen molar-refractivity contribution in [3.8, 4) is 5.88 Å². The first kappa shape index (κ1) is 12.9. The topological polar surface area (TPSA) is 63.2 Å². The number of methoxy groups -OCH3 is 1. The van der Waals surface area contributed by atoms with Gasteiger partial charge in [0.2, 0.25) is 5.88 Å². The van der Waals surface area contributed by atoms with Gasteiger partial charge in [0.15, 0.2) is 0 Å². The zero-order valence-electron chi connectivity index (χ0n) is 10.6. The lowest BCUT2D eigenvalue weighted by molar-refractivity contribution is 0.251. The summed E-state index contributed by atoms with van der Waals surface area (Å²) in [5.74, 6) is 0.386. The second kappa shape index (κ2) is 6.39. The van der Waals surface area contributed by atoms with Gasteiger partial charge in [-0.15, -0.1) is 0 Å². The molecule has 0 spiro atoms. The molecule has 0 fully saturated rings. The van der Waals surface area contributed by atoms with Crippen molar-refractivity contribution in [1.82, 2.24) is 10.3 Å². The third kappa shape index (κ3) is 3.70. The van der Waals surface area contributed by atoms with Gasteiger partial charge >= 0.3 is 6.03 Å². The molecular formula is C14H15N3O2. The van der Waals surface area contributed by atoms with Gasteiger partial charge in [-0.1, -0.05) is 30.3 Å². The van der Waals surface area contributed by atoms with Gasteiger partial charge in [-0.3, -0.25) is 0 Å². The van der Waals surface area contributed by atoms with Crippen LogP contribution in [0.15, 0.2) is 48.7 Å². The Kier molecular flexibility index (Phi) is 4.34. The van der Waals surface area contributed by atoms with Crippen molar-refractivity contribution in [2.45, 2.75) is 6.54 Å². The molecule has 98 valence electrons. The van der Waals surface area contributed by atoms with E-state index >= 15 is 0 Å². The first-order chi connectivity index (χ1) is 9.29. The van der Waals surface area contributed by atoms with Crippen molar-refractivity contribution in [2.75, 3.05) is 12.4 Å². The standard InChI is InChI=1S/C14H15N3O2/c1-19-13-12(8-5-9-15-13)17-14(18)16-10-11-6-3-2-4-7-11/h2-9H,10H2,1H3,(H2,16,17,18). The molecule has 0 bridgehead atoms. The number of hydrogen-bond donors (Lipinski definition) is 2. The molecule has 19 heavy (non-hydrogen) atoms. The number of rotatable bonds is 4. The van der Waals surface area contributed by atoms with E-state index in [2.05, 4.69) is 15.6 Å². The fourth-order valence-corrected chi connectivity index (χ4v) is 1.59. The van der Waals surface area contributed by atoms with E-state index in [1.807, 2.05) is 30.3 Å². The summed E-state index contributed by atoms with van der Waals surface area (Å²) in [5.41, 5.74) is 1.58. The van der Waals surface area contributed by atoms with E-state index in [0.29, 0.717) is 18.1 Å². The van der Waals surface area contributed by atoms with Crippen LogP contribution in [-0.4, -0.2) is 18.1 Å². The van der Waals surface area contributed by atoms with E-state index in [4.69, 9.17) is 4.74 Å². The highest BCUT2D eigenvalue weighted by molar-refractivity contribution is 5.90. The minimum atomic E-state index is -0.296. The van der Waals surface area contributed by atoms with Gasteiger partial charge in [-0.25, -0.2) is 9.78 Å². The number of anilines is 1. The van der Waals surface area contributed by atoms with E-state index in [1.165, 1.54) is 7.11 Å². The van der Waals surface area contributed by atoms with Crippen LogP contribution in [0.1, 0.15) is 5.56 Å². The quantitative estimate of drug-likeness (QED) is 0.884. The summed E-state index contributed by atoms with van der Waals surface area (Å²) in [4.78, 5) is 15.8. The fourth-order valence-electron chi connectivity index (χ4n) is 1.59. The molecule has 5 heteroatoms. The molecule has 0 saturated carbocycles. The van der Waals surface area contributed by atoms with Crippen LogP contribution >= 0.6 is 0 Å². The SMILES string of the molecule is COc1ncccc1NC(=O)NCc1ccccc1. The smallest absolute Gasteiger partial charge is 0.319 e. The van der Waals surface area contributed by atoms with Gasteiger partial charge in [0.1, 0.15) is 5.69 Å². The second-order valence-electron chi connectivity index (χ2n) is 3.85. The van der Waals surface area contributed by atoms with Crippen LogP contribution in [-0.2, 0) is 6.54 Å². The molecule has 0 unspecified atom stereocenters. The van der Waals surface area contributed by atoms with Gasteiger partial charge in [-0.2, -0.15) is 0 Å². The number of aromatic nitrogens is 1. The Labute approximate surface area is 111 Å². The molecule has 0 radical (unpaired) electrons. The lowest BCUT2D eigenvalue weighted by Crippen LogP contribution is -2.28. The molecule has 5 nitrogen and oxygen atoms in total. The Hall–Kier alpha value is -2.56. The summed E-state index contributed by atoms with van der Waals surface area (Å²) >= 11 is 0. The summed E-state index contributed by atoms with van der Waals surface area (Å²) in [6.45, 7) is 0.468. The average molecular weight is 257 g/mol. The Bertz CT molecular complexity index is 543. The van der Waals surface area contributed by atoms with E-state index in [1.54, 1.807) is 18.3 Å². The first-order valence-corrected chi connectivity index (χ1v) is 5.87. The number of amides is 2. The van der Waals surface area contributed by atoms with Crippen LogP contribution in [0.5, 0.6) is 5.88 Å². The molecule has 2 amide bonds. The molecule has 2 rings (SSSR count). The second-order valence-corrected chi connectivity index (χ2v) is 3.85. The van der Waals surface area contributed by atoms with Crippen molar-refractivity contribution < 1.29 is 9.53 Å². The molecule has 1 aromatic carbocycles. The number of pyridine rings is 1. The molecular weight excluding hydrogens is 242 g/mol. The molecule has 0 aliphatic heterocycles. The highest BCUT2D eigenvalue weighted by Gasteiger charge is 2.07. The first-order valence-electron chi connectivity index (χ1n) is 5.87. The zero-order chi connectivity index (χ0) is 13.5. The fraction of sp³-hybridized carbons (Fsp3) is 0.143. The molecule has 0 aliphatic carbocycles. The zero-order valence-corrected chi connectivity index (χ0v) is 10.6. The minimum absolute atomic E-state index is 0.296. The maximum absolute atomic E-state index is 11.7. The largest absolute Gasteiger partial charge is 0.480 e. The van der Waals surface area contributed by atoms with Crippen LogP contribution < -0.4 is 15.4 Å². The molecule has 0 aliphatic rings. The summed E-state index contributed by atoms with van der Waals surface area (Å²) in [6, 6.07) is 12.9. The Morgan fingerprint density at radius 1 is 1.21 bits per heavy atom. The van der Waals surface area contributed by atoms with Gasteiger partial charge < -0.3 is 15.4 Å². The van der Waals surface area contributed by atoms with E-state index in [0.717, 1.165) is 5.56 Å². The van der Waals surface area contributed by atoms with Gasteiger partial charge in [0, 0.05) is 12.7 Å². The molecule has 0 saturated heterocycles. The number of carbonyl (C=O) groups is 1. The number of urea groups is 1. The summed E-state index contributed by atoms with van der Waals surface area (Å²) in [5, 5.41) is 5.46. The predicted octanol–water partition coefficient (Wildman–Crippen LogP) is 2.41. The van der Waals surface area contributed by atoms with Crippen LogP contribution in [0.25, 0.3) is 0 Å². The average Bonchev–Trinajstić information content (AvgIpc) is 2.47. The molecule has 2 aromatic rings. The van der Waals surface area contributed by atoms with Crippen molar-refractivity contribution >= 4 is 11.7 Å². The third-order valence-corrected chi connectivity index (χ3v) is 2.51. The number of nitrogens with one attached hydrogen (secondary N) is 2. The Balaban J connectivity index is 1.91. The van der Waals surface area contributed by atoms with Gasteiger partial charge in [0.05, 0.1) is 7.11 Å². The monoisotopic (exact) mass is 257 g/mol. The molecule has 0 atom stereocenters. The lowest BCUT2D eigenvalue weighted by atomic mass is 10.2. The van der Waals surface area contributed by atoms with Crippen LogP contribution in [0.4, 0.5) is 10.5 Å². The number of nitrogens with zero attached hydrogens (tertiary/aromatic N) is 1. The Morgan fingerprint density at radius 3 is 2.74 bits per heavy atom. The summed E-state index contributed by atoms with van der Waals surface area (Å²) in [6.07, 6.45) is 1.60. The highest BCUT2D eigenvalue weighted by Crippen LogP contribution is 2.19. The lowest BCUT2D eigenvalue weighted by Gasteiger charge is -2.10. The van der Waals surface area contributed by atoms with Gasteiger partial charge in [-0.05, 0) is 17.7 Å². The van der Waals surface area contributed by atoms with Crippen LogP contribution in [0.2, 0.25) is 0 Å².